The van der Waals surface area contributed by atoms with Crippen LogP contribution in [0.15, 0.2) is 48.5 Å². The molecule has 5 heteroatoms. The van der Waals surface area contributed by atoms with E-state index in [0.29, 0.717) is 31.1 Å². The van der Waals surface area contributed by atoms with Crippen LogP contribution in [0.2, 0.25) is 0 Å². The molecule has 5 nitrogen and oxygen atoms in total. The zero-order valence-electron chi connectivity index (χ0n) is 16.9. The van der Waals surface area contributed by atoms with Gasteiger partial charge in [-0.15, -0.1) is 0 Å². The maximum Gasteiger partial charge on any atom is 0.317 e. The van der Waals surface area contributed by atoms with Crippen molar-refractivity contribution in [3.8, 4) is 11.5 Å². The molecular formula is C22H30N2O3. The highest BCUT2D eigenvalue weighted by Crippen LogP contribution is 2.32. The highest BCUT2D eigenvalue weighted by Gasteiger charge is 2.24. The summed E-state index contributed by atoms with van der Waals surface area (Å²) in [6, 6.07) is 15.8. The quantitative estimate of drug-likeness (QED) is 0.757. The van der Waals surface area contributed by atoms with Gasteiger partial charge in [0.15, 0.2) is 11.5 Å². The average Bonchev–Trinajstić information content (AvgIpc) is 2.70. The van der Waals surface area contributed by atoms with Crippen molar-refractivity contribution >= 4 is 6.03 Å². The third-order valence-corrected chi connectivity index (χ3v) is 4.73. The first kappa shape index (κ1) is 20.6. The van der Waals surface area contributed by atoms with Crippen LogP contribution in [-0.2, 0) is 12.0 Å². The molecule has 0 heterocycles. The Bertz CT molecular complexity index is 744. The first-order valence-electron chi connectivity index (χ1n) is 9.20. The summed E-state index contributed by atoms with van der Waals surface area (Å²) in [5, 5.41) is 3.07. The molecule has 146 valence electrons. The van der Waals surface area contributed by atoms with Gasteiger partial charge in [-0.2, -0.15) is 0 Å². The van der Waals surface area contributed by atoms with Crippen LogP contribution in [0.5, 0.6) is 11.5 Å². The number of ether oxygens (including phenoxy) is 2. The molecule has 1 N–H and O–H groups in total. The third-order valence-electron chi connectivity index (χ3n) is 4.73. The van der Waals surface area contributed by atoms with Gasteiger partial charge < -0.3 is 19.7 Å². The Hall–Kier alpha value is -2.69. The van der Waals surface area contributed by atoms with Crippen molar-refractivity contribution < 1.29 is 14.3 Å². The minimum absolute atomic E-state index is 0.0603. The van der Waals surface area contributed by atoms with E-state index in [1.807, 2.05) is 55.5 Å². The Morgan fingerprint density at radius 2 is 1.70 bits per heavy atom. The molecule has 0 radical (unpaired) electrons. The van der Waals surface area contributed by atoms with Crippen LogP contribution in [-0.4, -0.2) is 38.2 Å². The van der Waals surface area contributed by atoms with Crippen LogP contribution < -0.4 is 14.8 Å². The van der Waals surface area contributed by atoms with Crippen LogP contribution >= 0.6 is 0 Å². The molecule has 2 amide bonds. The molecule has 0 aliphatic carbocycles. The molecule has 2 rings (SSSR count). The highest BCUT2D eigenvalue weighted by atomic mass is 16.5. The average molecular weight is 370 g/mol. The van der Waals surface area contributed by atoms with Gasteiger partial charge in [0.1, 0.15) is 0 Å². The first-order valence-corrected chi connectivity index (χ1v) is 9.20. The monoisotopic (exact) mass is 370 g/mol. The molecule has 2 aromatic rings. The van der Waals surface area contributed by atoms with E-state index in [0.717, 1.165) is 11.1 Å². The Labute approximate surface area is 162 Å². The molecule has 0 bridgehead atoms. The maximum absolute atomic E-state index is 12.7. The van der Waals surface area contributed by atoms with Crippen molar-refractivity contribution in [1.29, 1.82) is 0 Å². The predicted molar refractivity (Wildman–Crippen MR) is 108 cm³/mol. The van der Waals surface area contributed by atoms with Crippen molar-refractivity contribution in [3.05, 3.63) is 59.7 Å². The number of carbonyl (C=O) groups is 1. The lowest BCUT2D eigenvalue weighted by atomic mass is 9.84. The van der Waals surface area contributed by atoms with E-state index >= 15 is 0 Å². The summed E-state index contributed by atoms with van der Waals surface area (Å²) in [6.07, 6.45) is 0. The van der Waals surface area contributed by atoms with Crippen molar-refractivity contribution in [3.63, 3.8) is 0 Å². The fourth-order valence-electron chi connectivity index (χ4n) is 2.90. The van der Waals surface area contributed by atoms with E-state index in [-0.39, 0.29) is 11.4 Å². The smallest absolute Gasteiger partial charge is 0.317 e. The van der Waals surface area contributed by atoms with Crippen LogP contribution in [0.4, 0.5) is 4.79 Å². The topological polar surface area (TPSA) is 50.8 Å². The van der Waals surface area contributed by atoms with Crippen LogP contribution in [0.1, 0.15) is 31.9 Å². The van der Waals surface area contributed by atoms with Crippen molar-refractivity contribution in [2.75, 3.05) is 27.3 Å². The fourth-order valence-corrected chi connectivity index (χ4v) is 2.90. The second-order valence-corrected chi connectivity index (χ2v) is 7.11. The molecule has 0 aromatic heterocycles. The van der Waals surface area contributed by atoms with Crippen LogP contribution in [0.3, 0.4) is 0 Å². The number of carbonyl (C=O) groups excluding carboxylic acids is 1. The summed E-state index contributed by atoms with van der Waals surface area (Å²) in [5.74, 6) is 1.38. The second kappa shape index (κ2) is 9.31. The molecular weight excluding hydrogens is 340 g/mol. The van der Waals surface area contributed by atoms with Crippen LogP contribution in [0, 0.1) is 0 Å². The minimum atomic E-state index is -0.249. The van der Waals surface area contributed by atoms with Crippen molar-refractivity contribution in [2.24, 2.45) is 0 Å². The first-order chi connectivity index (χ1) is 12.9. The highest BCUT2D eigenvalue weighted by molar-refractivity contribution is 5.74. The Morgan fingerprint density at radius 3 is 2.30 bits per heavy atom. The van der Waals surface area contributed by atoms with Gasteiger partial charge in [-0.05, 0) is 30.2 Å². The zero-order chi connectivity index (χ0) is 19.9. The molecule has 0 fully saturated rings. The Kier molecular flexibility index (Phi) is 7.11. The number of amides is 2. The number of benzene rings is 2. The van der Waals surface area contributed by atoms with Gasteiger partial charge in [-0.3, -0.25) is 0 Å². The number of nitrogens with zero attached hydrogens (tertiary/aromatic N) is 1. The molecule has 0 unspecified atom stereocenters. The lowest BCUT2D eigenvalue weighted by Crippen LogP contribution is -2.44. The van der Waals surface area contributed by atoms with Gasteiger partial charge in [0.2, 0.25) is 0 Å². The van der Waals surface area contributed by atoms with Crippen LogP contribution in [0.25, 0.3) is 0 Å². The summed E-state index contributed by atoms with van der Waals surface area (Å²) in [4.78, 5) is 14.5. The van der Waals surface area contributed by atoms with Crippen molar-refractivity contribution in [1.82, 2.24) is 10.2 Å². The van der Waals surface area contributed by atoms with E-state index in [9.17, 15) is 4.79 Å². The summed E-state index contributed by atoms with van der Waals surface area (Å²) < 4.78 is 10.7. The molecule has 0 aliphatic rings. The van der Waals surface area contributed by atoms with Gasteiger partial charge in [0.05, 0.1) is 14.2 Å². The van der Waals surface area contributed by atoms with E-state index in [2.05, 4.69) is 19.2 Å². The Morgan fingerprint density at radius 1 is 1.04 bits per heavy atom. The standard InChI is InChI=1S/C22H30N2O3/c1-6-24(15-17-10-8-7-9-11-17)21(25)23-16-22(2,3)18-12-13-19(26-4)20(14-18)27-5/h7-14H,6,15-16H2,1-5H3,(H,23,25). The Balaban J connectivity index is 2.03. The van der Waals surface area contributed by atoms with Gasteiger partial charge >= 0.3 is 6.03 Å². The third kappa shape index (κ3) is 5.39. The number of nitrogens with one attached hydrogen (secondary N) is 1. The van der Waals surface area contributed by atoms with Crippen molar-refractivity contribution in [2.45, 2.75) is 32.7 Å². The minimum Gasteiger partial charge on any atom is -0.493 e. The van der Waals surface area contributed by atoms with Gasteiger partial charge in [0, 0.05) is 25.0 Å². The van der Waals surface area contributed by atoms with E-state index in [4.69, 9.17) is 9.47 Å². The summed E-state index contributed by atoms with van der Waals surface area (Å²) in [5.41, 5.74) is 1.95. The molecule has 0 atom stereocenters. The van der Waals surface area contributed by atoms with E-state index in [1.54, 1.807) is 19.1 Å². The number of methoxy groups -OCH3 is 2. The number of hydrogen-bond donors (Lipinski definition) is 1. The summed E-state index contributed by atoms with van der Waals surface area (Å²) in [7, 11) is 3.24. The number of urea groups is 1. The van der Waals surface area contributed by atoms with Gasteiger partial charge in [-0.1, -0.05) is 50.2 Å². The van der Waals surface area contributed by atoms with E-state index in [1.165, 1.54) is 0 Å². The predicted octanol–water partition coefficient (Wildman–Crippen LogP) is 4.21. The lowest BCUT2D eigenvalue weighted by molar-refractivity contribution is 0.195. The zero-order valence-corrected chi connectivity index (χ0v) is 16.9. The molecule has 0 spiro atoms. The SMILES string of the molecule is CCN(Cc1ccccc1)C(=O)NCC(C)(C)c1ccc(OC)c(OC)c1. The number of rotatable bonds is 8. The molecule has 27 heavy (non-hydrogen) atoms. The molecule has 2 aromatic carbocycles. The molecule has 0 aliphatic heterocycles. The van der Waals surface area contributed by atoms with Gasteiger partial charge in [0.25, 0.3) is 0 Å². The maximum atomic E-state index is 12.7. The molecule has 0 saturated heterocycles. The summed E-state index contributed by atoms with van der Waals surface area (Å²) >= 11 is 0. The van der Waals surface area contributed by atoms with E-state index < -0.39 is 0 Å². The second-order valence-electron chi connectivity index (χ2n) is 7.11. The largest absolute Gasteiger partial charge is 0.493 e. The number of hydrogen-bond acceptors (Lipinski definition) is 3. The molecule has 0 saturated carbocycles. The van der Waals surface area contributed by atoms with Gasteiger partial charge in [-0.25, -0.2) is 4.79 Å². The fraction of sp³-hybridized carbons (Fsp3) is 0.409. The normalized spacial score (nSPS) is 11.0. The lowest BCUT2D eigenvalue weighted by Gasteiger charge is -2.29. The summed E-state index contributed by atoms with van der Waals surface area (Å²) in [6.45, 7) is 7.95.